The molecule has 5 heteroatoms. The Hall–Kier alpha value is -0.870. The minimum absolute atomic E-state index is 0.309. The van der Waals surface area contributed by atoms with E-state index in [4.69, 9.17) is 11.6 Å². The van der Waals surface area contributed by atoms with Gasteiger partial charge in [0.15, 0.2) is 0 Å². The van der Waals surface area contributed by atoms with E-state index in [9.17, 15) is 0 Å². The first-order valence-electron chi connectivity index (χ1n) is 7.98. The van der Waals surface area contributed by atoms with Crippen molar-refractivity contribution < 1.29 is 0 Å². The van der Waals surface area contributed by atoms with Crippen molar-refractivity contribution >= 4 is 17.4 Å². The van der Waals surface area contributed by atoms with E-state index in [1.165, 1.54) is 12.7 Å². The van der Waals surface area contributed by atoms with Gasteiger partial charge in [-0.05, 0) is 45.3 Å². The minimum Gasteiger partial charge on any atom is -0.367 e. The third-order valence-corrected chi connectivity index (χ3v) is 4.10. The van der Waals surface area contributed by atoms with E-state index in [1.807, 2.05) is 0 Å². The third kappa shape index (κ3) is 5.79. The van der Waals surface area contributed by atoms with Gasteiger partial charge in [0.1, 0.15) is 17.3 Å². The molecule has 0 aliphatic rings. The van der Waals surface area contributed by atoms with Gasteiger partial charge >= 0.3 is 0 Å². The van der Waals surface area contributed by atoms with Crippen LogP contribution in [-0.4, -0.2) is 40.5 Å². The zero-order valence-electron chi connectivity index (χ0n) is 14.0. The molecule has 1 unspecified atom stereocenters. The van der Waals surface area contributed by atoms with Gasteiger partial charge in [0.05, 0.1) is 0 Å². The number of rotatable bonds is 9. The van der Waals surface area contributed by atoms with Crippen molar-refractivity contribution in [2.24, 2.45) is 0 Å². The molecule has 0 amide bonds. The maximum Gasteiger partial charge on any atom is 0.138 e. The van der Waals surface area contributed by atoms with Gasteiger partial charge in [0, 0.05) is 11.6 Å². The molecule has 1 heterocycles. The first-order valence-corrected chi connectivity index (χ1v) is 8.36. The molecule has 1 aromatic heterocycles. The molecule has 21 heavy (non-hydrogen) atoms. The smallest absolute Gasteiger partial charge is 0.138 e. The first kappa shape index (κ1) is 18.2. The molecule has 1 rings (SSSR count). The Morgan fingerprint density at radius 2 is 1.86 bits per heavy atom. The van der Waals surface area contributed by atoms with Crippen LogP contribution in [-0.2, 0) is 0 Å². The van der Waals surface area contributed by atoms with Crippen molar-refractivity contribution in [3.05, 3.63) is 17.0 Å². The number of hydrogen-bond acceptors (Lipinski definition) is 4. The lowest BCUT2D eigenvalue weighted by molar-refractivity contribution is 0.295. The molecular formula is C16H29ClN4. The van der Waals surface area contributed by atoms with E-state index < -0.39 is 0 Å². The van der Waals surface area contributed by atoms with Gasteiger partial charge in [-0.3, -0.25) is 0 Å². The number of aromatic nitrogens is 2. The molecule has 1 aromatic rings. The van der Waals surface area contributed by atoms with Crippen LogP contribution in [0.2, 0.25) is 5.15 Å². The van der Waals surface area contributed by atoms with Gasteiger partial charge in [0.25, 0.3) is 0 Å². The Kier molecular flexibility index (Phi) is 7.97. The highest BCUT2D eigenvalue weighted by Gasteiger charge is 2.15. The van der Waals surface area contributed by atoms with Gasteiger partial charge < -0.3 is 10.2 Å². The lowest BCUT2D eigenvalue weighted by Gasteiger charge is -2.21. The summed E-state index contributed by atoms with van der Waals surface area (Å²) in [6.07, 6.45) is 3.83. The highest BCUT2D eigenvalue weighted by molar-refractivity contribution is 6.30. The zero-order valence-corrected chi connectivity index (χ0v) is 14.7. The van der Waals surface area contributed by atoms with Gasteiger partial charge in [-0.2, -0.15) is 0 Å². The standard InChI is InChI=1S/C16H29ClN4/c1-6-21(7-2)10-8-9-13(5)20-16-14(12(3)4)15(17)18-11-19-16/h11-13H,6-10H2,1-5H3,(H,18,19,20). The summed E-state index contributed by atoms with van der Waals surface area (Å²) in [7, 11) is 0. The van der Waals surface area contributed by atoms with Crippen LogP contribution in [0.3, 0.4) is 0 Å². The fourth-order valence-electron chi connectivity index (χ4n) is 2.47. The van der Waals surface area contributed by atoms with E-state index >= 15 is 0 Å². The number of hydrogen-bond donors (Lipinski definition) is 1. The predicted molar refractivity (Wildman–Crippen MR) is 91.2 cm³/mol. The Balaban J connectivity index is 2.55. The fourth-order valence-corrected chi connectivity index (χ4v) is 2.82. The highest BCUT2D eigenvalue weighted by atomic mass is 35.5. The summed E-state index contributed by atoms with van der Waals surface area (Å²) in [6.45, 7) is 14.2. The van der Waals surface area contributed by atoms with Crippen LogP contribution in [0.5, 0.6) is 0 Å². The fraction of sp³-hybridized carbons (Fsp3) is 0.750. The molecule has 0 aliphatic heterocycles. The molecule has 0 spiro atoms. The van der Waals surface area contributed by atoms with E-state index in [0.717, 1.165) is 37.4 Å². The minimum atomic E-state index is 0.309. The average molecular weight is 313 g/mol. The quantitative estimate of drug-likeness (QED) is 0.695. The Morgan fingerprint density at radius 3 is 2.43 bits per heavy atom. The maximum absolute atomic E-state index is 6.19. The Bertz CT molecular complexity index is 419. The van der Waals surface area contributed by atoms with Crippen LogP contribution in [0.4, 0.5) is 5.82 Å². The Labute approximate surface area is 134 Å². The summed E-state index contributed by atoms with van der Waals surface area (Å²) in [5.41, 5.74) is 1.01. The van der Waals surface area contributed by atoms with E-state index in [2.05, 4.69) is 54.8 Å². The molecular weight excluding hydrogens is 284 g/mol. The molecule has 0 fully saturated rings. The zero-order chi connectivity index (χ0) is 15.8. The average Bonchev–Trinajstić information content (AvgIpc) is 2.43. The molecule has 0 aliphatic carbocycles. The third-order valence-electron chi connectivity index (χ3n) is 3.80. The van der Waals surface area contributed by atoms with Gasteiger partial charge in [-0.1, -0.05) is 39.3 Å². The van der Waals surface area contributed by atoms with Crippen molar-refractivity contribution in [2.45, 2.75) is 59.4 Å². The lowest BCUT2D eigenvalue weighted by Crippen LogP contribution is -2.26. The second-order valence-corrected chi connectivity index (χ2v) is 6.15. The molecule has 0 aromatic carbocycles. The number of halogens is 1. The van der Waals surface area contributed by atoms with E-state index in [1.54, 1.807) is 0 Å². The van der Waals surface area contributed by atoms with Crippen molar-refractivity contribution in [1.29, 1.82) is 0 Å². The second-order valence-electron chi connectivity index (χ2n) is 5.80. The number of nitrogens with one attached hydrogen (secondary N) is 1. The van der Waals surface area contributed by atoms with Crippen LogP contribution >= 0.6 is 11.6 Å². The SMILES string of the molecule is CCN(CC)CCCC(C)Nc1ncnc(Cl)c1C(C)C. The van der Waals surface area contributed by atoms with Gasteiger partial charge in [-0.15, -0.1) is 0 Å². The van der Waals surface area contributed by atoms with Crippen molar-refractivity contribution in [3.8, 4) is 0 Å². The second kappa shape index (κ2) is 9.21. The topological polar surface area (TPSA) is 41.0 Å². The highest BCUT2D eigenvalue weighted by Crippen LogP contribution is 2.28. The van der Waals surface area contributed by atoms with Gasteiger partial charge in [0.2, 0.25) is 0 Å². The summed E-state index contributed by atoms with van der Waals surface area (Å²) >= 11 is 6.19. The molecule has 0 saturated heterocycles. The predicted octanol–water partition coefficient (Wildman–Crippen LogP) is 4.18. The molecule has 120 valence electrons. The van der Waals surface area contributed by atoms with Crippen molar-refractivity contribution in [2.75, 3.05) is 25.0 Å². The summed E-state index contributed by atoms with van der Waals surface area (Å²) in [4.78, 5) is 10.9. The molecule has 1 atom stereocenters. The van der Waals surface area contributed by atoms with Crippen molar-refractivity contribution in [3.63, 3.8) is 0 Å². The summed E-state index contributed by atoms with van der Waals surface area (Å²) in [5.74, 6) is 1.18. The van der Waals surface area contributed by atoms with Crippen LogP contribution in [0, 0.1) is 0 Å². The molecule has 1 N–H and O–H groups in total. The summed E-state index contributed by atoms with van der Waals surface area (Å²) in [5, 5.41) is 4.04. The van der Waals surface area contributed by atoms with Gasteiger partial charge in [-0.25, -0.2) is 9.97 Å². The van der Waals surface area contributed by atoms with Crippen LogP contribution < -0.4 is 5.32 Å². The number of nitrogens with zero attached hydrogens (tertiary/aromatic N) is 3. The monoisotopic (exact) mass is 312 g/mol. The largest absolute Gasteiger partial charge is 0.367 e. The van der Waals surface area contributed by atoms with Crippen LogP contribution in [0.15, 0.2) is 6.33 Å². The summed E-state index contributed by atoms with van der Waals surface area (Å²) < 4.78 is 0. The van der Waals surface area contributed by atoms with E-state index in [-0.39, 0.29) is 0 Å². The van der Waals surface area contributed by atoms with Crippen LogP contribution in [0.1, 0.15) is 58.9 Å². The summed E-state index contributed by atoms with van der Waals surface area (Å²) in [6, 6.07) is 0.379. The van der Waals surface area contributed by atoms with Crippen molar-refractivity contribution in [1.82, 2.24) is 14.9 Å². The normalized spacial score (nSPS) is 13.0. The lowest BCUT2D eigenvalue weighted by atomic mass is 10.1. The molecule has 4 nitrogen and oxygen atoms in total. The van der Waals surface area contributed by atoms with E-state index in [0.29, 0.717) is 17.1 Å². The molecule has 0 bridgehead atoms. The van der Waals surface area contributed by atoms with Crippen LogP contribution in [0.25, 0.3) is 0 Å². The molecule has 0 saturated carbocycles. The Morgan fingerprint density at radius 1 is 1.19 bits per heavy atom. The number of anilines is 1. The maximum atomic E-state index is 6.19. The molecule has 0 radical (unpaired) electrons. The first-order chi connectivity index (χ1) is 9.99.